The number of carbonyl (C=O) groups excluding carboxylic acids is 2. The van der Waals surface area contributed by atoms with E-state index in [0.717, 1.165) is 63.4 Å². The van der Waals surface area contributed by atoms with Crippen molar-refractivity contribution < 1.29 is 19.1 Å². The quantitative estimate of drug-likeness (QED) is 0.161. The standard InChI is InChI=1S/C36H40ClN7O4/c1-21-34(22-7-8-23(30(15-22)47-2)16-38-18-25-10-13-31(45)42-25)40-20-41-35(21)28-6-4-5-27(33(28)37)29-12-9-24(36(44-29)48-3)17-39-19-26-11-14-32(46)43-26/h4-9,12,15,20,25-26,38-39H,10-11,13-14,16-19H2,1-3H3,(H,42,45)(H,43,46)/t25-,26-/m1/s1. The molecule has 0 unspecified atom stereocenters. The van der Waals surface area contributed by atoms with Gasteiger partial charge < -0.3 is 30.7 Å². The molecule has 11 nitrogen and oxygen atoms in total. The summed E-state index contributed by atoms with van der Waals surface area (Å²) in [5.41, 5.74) is 7.42. The van der Waals surface area contributed by atoms with Crippen LogP contribution in [0, 0.1) is 6.92 Å². The van der Waals surface area contributed by atoms with Crippen LogP contribution in [-0.2, 0) is 22.7 Å². The first-order valence-electron chi connectivity index (χ1n) is 16.2. The van der Waals surface area contributed by atoms with Crippen molar-refractivity contribution in [3.8, 4) is 45.4 Å². The second-order valence-electron chi connectivity index (χ2n) is 12.1. The van der Waals surface area contributed by atoms with Gasteiger partial charge in [-0.3, -0.25) is 9.59 Å². The Balaban J connectivity index is 1.20. The number of nitrogens with one attached hydrogen (secondary N) is 4. The van der Waals surface area contributed by atoms with Gasteiger partial charge in [-0.05, 0) is 31.9 Å². The first-order chi connectivity index (χ1) is 23.3. The van der Waals surface area contributed by atoms with Crippen molar-refractivity contribution in [1.29, 1.82) is 0 Å². The molecular formula is C36H40ClN7O4. The van der Waals surface area contributed by atoms with Crippen LogP contribution in [0.5, 0.6) is 11.6 Å². The number of nitrogens with zero attached hydrogens (tertiary/aromatic N) is 3. The van der Waals surface area contributed by atoms with Crippen LogP contribution in [0.3, 0.4) is 0 Å². The number of halogens is 1. The molecule has 4 N–H and O–H groups in total. The molecule has 2 saturated heterocycles. The predicted molar refractivity (Wildman–Crippen MR) is 185 cm³/mol. The molecule has 2 aromatic heterocycles. The van der Waals surface area contributed by atoms with E-state index in [9.17, 15) is 9.59 Å². The maximum absolute atomic E-state index is 11.5. The van der Waals surface area contributed by atoms with Gasteiger partial charge in [0, 0.05) is 84.5 Å². The van der Waals surface area contributed by atoms with Crippen LogP contribution in [-0.4, -0.2) is 66.2 Å². The summed E-state index contributed by atoms with van der Waals surface area (Å²) in [6.07, 6.45) is 4.40. The topological polar surface area (TPSA) is 139 Å². The van der Waals surface area contributed by atoms with Crippen LogP contribution < -0.4 is 30.7 Å². The molecule has 0 bridgehead atoms. The number of pyridine rings is 1. The number of carbonyl (C=O) groups is 2. The summed E-state index contributed by atoms with van der Waals surface area (Å²) in [5, 5.41) is 13.3. The number of rotatable bonds is 13. The fourth-order valence-electron chi connectivity index (χ4n) is 6.32. The molecule has 6 rings (SSSR count). The number of aromatic nitrogens is 3. The number of hydrogen-bond acceptors (Lipinski definition) is 9. The van der Waals surface area contributed by atoms with Crippen molar-refractivity contribution in [2.75, 3.05) is 27.3 Å². The average Bonchev–Trinajstić information content (AvgIpc) is 3.72. The highest BCUT2D eigenvalue weighted by Gasteiger charge is 2.22. The van der Waals surface area contributed by atoms with Crippen LogP contribution >= 0.6 is 11.6 Å². The molecule has 2 aliphatic rings. The highest BCUT2D eigenvalue weighted by atomic mass is 35.5. The van der Waals surface area contributed by atoms with Crippen LogP contribution in [0.4, 0.5) is 0 Å². The lowest BCUT2D eigenvalue weighted by Crippen LogP contribution is -2.35. The van der Waals surface area contributed by atoms with Crippen molar-refractivity contribution >= 4 is 23.4 Å². The zero-order chi connectivity index (χ0) is 33.6. The van der Waals surface area contributed by atoms with Gasteiger partial charge in [-0.25, -0.2) is 15.0 Å². The lowest BCUT2D eigenvalue weighted by atomic mass is 9.98. The SMILES string of the molecule is COc1cc(-c2ncnc(-c3cccc(-c4ccc(CNC[C@H]5CCC(=O)N5)c(OC)n4)c3Cl)c2C)ccc1CNC[C@H]1CCC(=O)N1. The molecule has 250 valence electrons. The molecule has 4 heterocycles. The molecule has 0 aliphatic carbocycles. The van der Waals surface area contributed by atoms with Crippen molar-refractivity contribution in [2.45, 2.75) is 57.8 Å². The molecule has 2 aliphatic heterocycles. The summed E-state index contributed by atoms with van der Waals surface area (Å²) in [6, 6.07) is 16.1. The Labute approximate surface area is 285 Å². The van der Waals surface area contributed by atoms with Gasteiger partial charge in [-0.2, -0.15) is 0 Å². The third kappa shape index (κ3) is 7.43. The van der Waals surface area contributed by atoms with E-state index in [2.05, 4.69) is 31.2 Å². The van der Waals surface area contributed by atoms with E-state index in [0.29, 0.717) is 55.6 Å². The van der Waals surface area contributed by atoms with E-state index in [4.69, 9.17) is 26.1 Å². The minimum absolute atomic E-state index is 0.102. The van der Waals surface area contributed by atoms with E-state index in [-0.39, 0.29) is 23.9 Å². The number of amides is 2. The Bertz CT molecular complexity index is 1690. The first kappa shape index (κ1) is 33.3. The van der Waals surface area contributed by atoms with Crippen molar-refractivity contribution in [3.63, 3.8) is 0 Å². The van der Waals surface area contributed by atoms with Gasteiger partial charge in [0.05, 0.1) is 36.3 Å². The van der Waals surface area contributed by atoms with Gasteiger partial charge in [0.25, 0.3) is 0 Å². The lowest BCUT2D eigenvalue weighted by Gasteiger charge is -2.16. The van der Waals surface area contributed by atoms with E-state index in [1.165, 1.54) is 0 Å². The van der Waals surface area contributed by atoms with E-state index in [1.54, 1.807) is 20.5 Å². The molecule has 2 amide bonds. The second-order valence-corrected chi connectivity index (χ2v) is 12.5. The normalized spacial score (nSPS) is 17.3. The maximum Gasteiger partial charge on any atom is 0.220 e. The maximum atomic E-state index is 11.5. The predicted octanol–water partition coefficient (Wildman–Crippen LogP) is 4.59. The van der Waals surface area contributed by atoms with Crippen molar-refractivity contribution in [3.05, 3.63) is 76.6 Å². The molecule has 2 atom stereocenters. The van der Waals surface area contributed by atoms with Gasteiger partial charge in [-0.15, -0.1) is 0 Å². The zero-order valence-electron chi connectivity index (χ0n) is 27.4. The van der Waals surface area contributed by atoms with E-state index < -0.39 is 0 Å². The van der Waals surface area contributed by atoms with E-state index in [1.807, 2.05) is 55.5 Å². The Morgan fingerprint density at radius 2 is 1.48 bits per heavy atom. The van der Waals surface area contributed by atoms with Gasteiger partial charge >= 0.3 is 0 Å². The first-order valence-corrected chi connectivity index (χ1v) is 16.5. The molecule has 0 saturated carbocycles. The summed E-state index contributed by atoms with van der Waals surface area (Å²) in [4.78, 5) is 37.1. The van der Waals surface area contributed by atoms with Gasteiger partial charge in [0.1, 0.15) is 12.1 Å². The van der Waals surface area contributed by atoms with Crippen molar-refractivity contribution in [1.82, 2.24) is 36.2 Å². The Hall–Kier alpha value is -4.58. The molecule has 0 radical (unpaired) electrons. The molecule has 12 heteroatoms. The molecule has 2 fully saturated rings. The van der Waals surface area contributed by atoms with E-state index >= 15 is 0 Å². The number of hydrogen-bond donors (Lipinski definition) is 4. The monoisotopic (exact) mass is 669 g/mol. The highest BCUT2D eigenvalue weighted by molar-refractivity contribution is 6.36. The number of benzene rings is 2. The highest BCUT2D eigenvalue weighted by Crippen LogP contribution is 2.39. The number of ether oxygens (including phenoxy) is 2. The van der Waals surface area contributed by atoms with Crippen LogP contribution in [0.15, 0.2) is 54.9 Å². The van der Waals surface area contributed by atoms with Crippen LogP contribution in [0.1, 0.15) is 42.4 Å². The second kappa shape index (κ2) is 15.1. The smallest absolute Gasteiger partial charge is 0.220 e. The summed E-state index contributed by atoms with van der Waals surface area (Å²) in [6.45, 7) is 4.55. The summed E-state index contributed by atoms with van der Waals surface area (Å²) in [7, 11) is 3.26. The molecule has 2 aromatic carbocycles. The van der Waals surface area contributed by atoms with Gasteiger partial charge in [0.15, 0.2) is 0 Å². The lowest BCUT2D eigenvalue weighted by molar-refractivity contribution is -0.120. The minimum Gasteiger partial charge on any atom is -0.496 e. The average molecular weight is 670 g/mol. The fourth-order valence-corrected chi connectivity index (χ4v) is 6.63. The Morgan fingerprint density at radius 1 is 0.833 bits per heavy atom. The molecular weight excluding hydrogens is 630 g/mol. The van der Waals surface area contributed by atoms with Gasteiger partial charge in [0.2, 0.25) is 17.7 Å². The summed E-state index contributed by atoms with van der Waals surface area (Å²) >= 11 is 7.09. The summed E-state index contributed by atoms with van der Waals surface area (Å²) < 4.78 is 11.4. The Morgan fingerprint density at radius 3 is 2.12 bits per heavy atom. The molecule has 0 spiro atoms. The third-order valence-electron chi connectivity index (χ3n) is 8.89. The Kier molecular flexibility index (Phi) is 10.5. The third-order valence-corrected chi connectivity index (χ3v) is 9.30. The molecule has 48 heavy (non-hydrogen) atoms. The van der Waals surface area contributed by atoms with Crippen LogP contribution in [0.25, 0.3) is 33.8 Å². The van der Waals surface area contributed by atoms with Crippen LogP contribution in [0.2, 0.25) is 5.02 Å². The molecule has 4 aromatic rings. The zero-order valence-corrected chi connectivity index (χ0v) is 28.1. The van der Waals surface area contributed by atoms with Crippen molar-refractivity contribution in [2.24, 2.45) is 0 Å². The minimum atomic E-state index is 0.102. The summed E-state index contributed by atoms with van der Waals surface area (Å²) in [5.74, 6) is 1.47. The largest absolute Gasteiger partial charge is 0.496 e. The number of methoxy groups -OCH3 is 2. The fraction of sp³-hybridized carbons (Fsp3) is 0.361. The van der Waals surface area contributed by atoms with Gasteiger partial charge in [-0.1, -0.05) is 48.0 Å².